The molecular weight excluding hydrogens is 369 g/mol. The third-order valence-corrected chi connectivity index (χ3v) is 5.19. The monoisotopic (exact) mass is 391 g/mol. The molecule has 4 aromatic rings. The summed E-state index contributed by atoms with van der Waals surface area (Å²) in [4.78, 5) is 11.1. The van der Waals surface area contributed by atoms with Gasteiger partial charge in [-0.2, -0.15) is 5.10 Å². The third kappa shape index (κ3) is 3.31. The van der Waals surface area contributed by atoms with E-state index >= 15 is 0 Å². The van der Waals surface area contributed by atoms with Gasteiger partial charge in [0.25, 0.3) is 0 Å². The first kappa shape index (κ1) is 18.9. The van der Waals surface area contributed by atoms with Crippen LogP contribution in [0.4, 0.5) is 4.39 Å². The van der Waals surface area contributed by atoms with Gasteiger partial charge in [-0.15, -0.1) is 0 Å². The van der Waals surface area contributed by atoms with Crippen LogP contribution < -0.4 is 0 Å². The van der Waals surface area contributed by atoms with Gasteiger partial charge in [0.15, 0.2) is 0 Å². The van der Waals surface area contributed by atoms with Gasteiger partial charge in [0.05, 0.1) is 17.2 Å². The molecule has 0 saturated heterocycles. The van der Waals surface area contributed by atoms with Crippen LogP contribution in [0, 0.1) is 5.82 Å². The van der Waals surface area contributed by atoms with Crippen molar-refractivity contribution in [1.82, 2.24) is 14.8 Å². The van der Waals surface area contributed by atoms with Crippen molar-refractivity contribution in [1.29, 1.82) is 0 Å². The minimum absolute atomic E-state index is 0.0197. The molecule has 6 heteroatoms. The van der Waals surface area contributed by atoms with E-state index in [2.05, 4.69) is 41.3 Å². The van der Waals surface area contributed by atoms with E-state index in [-0.39, 0.29) is 18.2 Å². The van der Waals surface area contributed by atoms with E-state index in [1.165, 1.54) is 12.1 Å². The summed E-state index contributed by atoms with van der Waals surface area (Å²) in [6.45, 7) is 8.40. The van der Waals surface area contributed by atoms with Gasteiger partial charge in [0.2, 0.25) is 0 Å². The topological polar surface area (TPSA) is 70.9 Å². The van der Waals surface area contributed by atoms with Crippen LogP contribution in [0.25, 0.3) is 33.1 Å². The Morgan fingerprint density at radius 1 is 1.24 bits per heavy atom. The number of halogens is 1. The molecule has 0 saturated carbocycles. The van der Waals surface area contributed by atoms with Crippen molar-refractivity contribution in [2.75, 3.05) is 0 Å². The molecule has 0 fully saturated rings. The van der Waals surface area contributed by atoms with E-state index < -0.39 is 5.97 Å². The Hall–Kier alpha value is -3.41. The van der Waals surface area contributed by atoms with E-state index in [1.54, 1.807) is 18.3 Å². The van der Waals surface area contributed by atoms with Crippen molar-refractivity contribution in [3.8, 4) is 5.69 Å². The summed E-state index contributed by atoms with van der Waals surface area (Å²) in [6, 6.07) is 10.5. The molecule has 2 aromatic carbocycles. The molecule has 5 nitrogen and oxygen atoms in total. The van der Waals surface area contributed by atoms with Crippen molar-refractivity contribution in [3.05, 3.63) is 66.2 Å². The van der Waals surface area contributed by atoms with E-state index in [1.807, 2.05) is 6.07 Å². The van der Waals surface area contributed by atoms with Crippen LogP contribution in [0.2, 0.25) is 0 Å². The SMILES string of the molecule is C=C(CCC(=O)O)c1c(C(C)C)n(-c2ccc(F)cc2)c2cc3cn[nH]c3cc12. The summed E-state index contributed by atoms with van der Waals surface area (Å²) in [6.07, 6.45) is 2.15. The molecule has 0 unspecified atom stereocenters. The highest BCUT2D eigenvalue weighted by Crippen LogP contribution is 2.40. The second-order valence-corrected chi connectivity index (χ2v) is 7.55. The number of rotatable bonds is 6. The number of allylic oxidation sites excluding steroid dienone is 1. The minimum Gasteiger partial charge on any atom is -0.481 e. The van der Waals surface area contributed by atoms with Crippen molar-refractivity contribution < 1.29 is 14.3 Å². The van der Waals surface area contributed by atoms with Crippen molar-refractivity contribution >= 4 is 33.3 Å². The maximum atomic E-state index is 13.6. The molecule has 2 aromatic heterocycles. The summed E-state index contributed by atoms with van der Waals surface area (Å²) in [7, 11) is 0. The van der Waals surface area contributed by atoms with Gasteiger partial charge in [0.1, 0.15) is 5.82 Å². The first-order valence-electron chi connectivity index (χ1n) is 9.54. The number of carboxylic acid groups (broad SMARTS) is 1. The van der Waals surface area contributed by atoms with Gasteiger partial charge in [-0.25, -0.2) is 4.39 Å². The fourth-order valence-corrected chi connectivity index (χ4v) is 3.91. The maximum Gasteiger partial charge on any atom is 0.303 e. The lowest BCUT2D eigenvalue weighted by atomic mass is 9.94. The van der Waals surface area contributed by atoms with Gasteiger partial charge in [-0.1, -0.05) is 20.4 Å². The van der Waals surface area contributed by atoms with Crippen LogP contribution in [-0.2, 0) is 4.79 Å². The maximum absolute atomic E-state index is 13.6. The molecule has 2 N–H and O–H groups in total. The lowest BCUT2D eigenvalue weighted by molar-refractivity contribution is -0.136. The number of carboxylic acids is 1. The Labute approximate surface area is 167 Å². The van der Waals surface area contributed by atoms with E-state index in [9.17, 15) is 9.18 Å². The Bertz CT molecular complexity index is 1230. The smallest absolute Gasteiger partial charge is 0.303 e. The number of benzene rings is 2. The highest BCUT2D eigenvalue weighted by atomic mass is 19.1. The average Bonchev–Trinajstić information content (AvgIpc) is 3.26. The fourth-order valence-electron chi connectivity index (χ4n) is 3.91. The number of aliphatic carboxylic acids is 1. The lowest BCUT2D eigenvalue weighted by Gasteiger charge is -2.16. The molecule has 0 radical (unpaired) electrons. The molecule has 0 aliphatic rings. The number of nitrogens with one attached hydrogen (secondary N) is 1. The number of nitrogens with zero attached hydrogens (tertiary/aromatic N) is 2. The second-order valence-electron chi connectivity index (χ2n) is 7.55. The van der Waals surface area contributed by atoms with Gasteiger partial charge in [-0.05, 0) is 54.3 Å². The molecule has 148 valence electrons. The van der Waals surface area contributed by atoms with Crippen LogP contribution in [0.5, 0.6) is 0 Å². The lowest BCUT2D eigenvalue weighted by Crippen LogP contribution is -2.04. The van der Waals surface area contributed by atoms with E-state index in [0.29, 0.717) is 6.42 Å². The molecule has 0 spiro atoms. The molecule has 4 rings (SSSR count). The van der Waals surface area contributed by atoms with Crippen molar-refractivity contribution in [2.45, 2.75) is 32.6 Å². The predicted octanol–water partition coefficient (Wildman–Crippen LogP) is 5.65. The van der Waals surface area contributed by atoms with E-state index in [4.69, 9.17) is 5.11 Å². The first-order chi connectivity index (χ1) is 13.9. The predicted molar refractivity (Wildman–Crippen MR) is 113 cm³/mol. The Morgan fingerprint density at radius 3 is 2.62 bits per heavy atom. The summed E-state index contributed by atoms with van der Waals surface area (Å²) >= 11 is 0. The Kier molecular flexibility index (Phi) is 4.70. The van der Waals surface area contributed by atoms with Crippen LogP contribution in [0.1, 0.15) is 43.9 Å². The summed E-state index contributed by atoms with van der Waals surface area (Å²) in [5.74, 6) is -1.00. The Morgan fingerprint density at radius 2 is 1.97 bits per heavy atom. The number of aromatic amines is 1. The number of aromatic nitrogens is 3. The Balaban J connectivity index is 2.06. The zero-order valence-corrected chi connectivity index (χ0v) is 16.4. The molecule has 0 aliphatic carbocycles. The summed E-state index contributed by atoms with van der Waals surface area (Å²) < 4.78 is 15.7. The number of H-pyrrole nitrogens is 1. The quantitative estimate of drug-likeness (QED) is 0.446. The molecule has 0 bridgehead atoms. The van der Waals surface area contributed by atoms with Crippen molar-refractivity contribution in [2.24, 2.45) is 0 Å². The average molecular weight is 391 g/mol. The zero-order chi connectivity index (χ0) is 20.7. The molecule has 2 heterocycles. The molecular formula is C23H22FN3O2. The fraction of sp³-hybridized carbons (Fsp3) is 0.217. The summed E-state index contributed by atoms with van der Waals surface area (Å²) in [5.41, 5.74) is 5.47. The zero-order valence-electron chi connectivity index (χ0n) is 16.4. The highest BCUT2D eigenvalue weighted by molar-refractivity contribution is 6.03. The third-order valence-electron chi connectivity index (χ3n) is 5.19. The molecule has 29 heavy (non-hydrogen) atoms. The number of hydrogen-bond acceptors (Lipinski definition) is 2. The van der Waals surface area contributed by atoms with Gasteiger partial charge >= 0.3 is 5.97 Å². The molecule has 0 atom stereocenters. The van der Waals surface area contributed by atoms with E-state index in [0.717, 1.165) is 44.3 Å². The first-order valence-corrected chi connectivity index (χ1v) is 9.54. The van der Waals surface area contributed by atoms with Crippen LogP contribution in [0.15, 0.2) is 49.2 Å². The van der Waals surface area contributed by atoms with Gasteiger partial charge in [0, 0.05) is 34.1 Å². The largest absolute Gasteiger partial charge is 0.481 e. The van der Waals surface area contributed by atoms with Gasteiger partial charge in [-0.3, -0.25) is 9.89 Å². The van der Waals surface area contributed by atoms with Gasteiger partial charge < -0.3 is 9.67 Å². The molecule has 0 aliphatic heterocycles. The second kappa shape index (κ2) is 7.20. The standard InChI is InChI=1S/C23H22FN3O2/c1-13(2)23-22(14(3)4-9-21(28)29)18-11-19-15(12-25-26-19)10-20(18)27(23)17-7-5-16(24)6-8-17/h5-8,10-13H,3-4,9H2,1-2H3,(H,25,26)(H,28,29). The highest BCUT2D eigenvalue weighted by Gasteiger charge is 2.23. The minimum atomic E-state index is -0.851. The number of fused-ring (bicyclic) bond motifs is 2. The molecule has 0 amide bonds. The van der Waals surface area contributed by atoms with Crippen LogP contribution in [-0.4, -0.2) is 25.8 Å². The van der Waals surface area contributed by atoms with Crippen LogP contribution >= 0.6 is 0 Å². The number of carbonyl (C=O) groups is 1. The normalized spacial score (nSPS) is 11.6. The van der Waals surface area contributed by atoms with Crippen LogP contribution in [0.3, 0.4) is 0 Å². The summed E-state index contributed by atoms with van der Waals surface area (Å²) in [5, 5.41) is 18.2. The number of hydrogen-bond donors (Lipinski definition) is 2. The van der Waals surface area contributed by atoms with Crippen molar-refractivity contribution in [3.63, 3.8) is 0 Å².